The Morgan fingerprint density at radius 1 is 1.50 bits per heavy atom. The molecule has 1 aromatic rings. The van der Waals surface area contributed by atoms with Crippen molar-refractivity contribution < 1.29 is 13.5 Å². The van der Waals surface area contributed by atoms with Crippen LogP contribution in [0, 0.1) is 11.3 Å². The first-order chi connectivity index (χ1) is 6.42. The number of sulfonamides is 1. The summed E-state index contributed by atoms with van der Waals surface area (Å²) in [4.78, 5) is 0. The lowest BCUT2D eigenvalue weighted by molar-refractivity contribution is 0.473. The molecule has 0 bridgehead atoms. The predicted molar refractivity (Wildman–Crippen MR) is 51.3 cm³/mol. The largest absolute Gasteiger partial charge is 0.507 e. The summed E-state index contributed by atoms with van der Waals surface area (Å²) < 4.78 is 23.9. The smallest absolute Gasteiger partial charge is 0.229 e. The van der Waals surface area contributed by atoms with Crippen LogP contribution in [-0.4, -0.2) is 19.8 Å². The van der Waals surface area contributed by atoms with Crippen molar-refractivity contribution in [3.05, 3.63) is 23.8 Å². The highest BCUT2D eigenvalue weighted by molar-refractivity contribution is 7.92. The highest BCUT2D eigenvalue weighted by atomic mass is 32.2. The minimum absolute atomic E-state index is 0.0265. The number of phenolic OH excluding ortho intramolecular Hbond substituents is 1. The summed E-state index contributed by atoms with van der Waals surface area (Å²) in [7, 11) is -3.36. The Labute approximate surface area is 81.7 Å². The standard InChI is InChI=1S/C8H8N2O3S/c1-14(12,13)10-7-2-3-8(11)6(4-7)5-9/h2-4,10-11H,1H3. The van der Waals surface area contributed by atoms with Gasteiger partial charge in [0.25, 0.3) is 0 Å². The summed E-state index contributed by atoms with van der Waals surface area (Å²) in [6, 6.07) is 5.63. The number of benzene rings is 1. The number of nitrogens with one attached hydrogen (secondary N) is 1. The second-order valence-electron chi connectivity index (χ2n) is 2.72. The summed E-state index contributed by atoms with van der Waals surface area (Å²) in [6.07, 6.45) is 1.01. The van der Waals surface area contributed by atoms with Crippen LogP contribution >= 0.6 is 0 Å². The van der Waals surface area contributed by atoms with Gasteiger partial charge in [0.05, 0.1) is 17.5 Å². The molecule has 74 valence electrons. The topological polar surface area (TPSA) is 90.2 Å². The average molecular weight is 212 g/mol. The van der Waals surface area contributed by atoms with Crippen LogP contribution in [-0.2, 0) is 10.0 Å². The maximum absolute atomic E-state index is 10.8. The second kappa shape index (κ2) is 3.55. The molecule has 1 rings (SSSR count). The Balaban J connectivity index is 3.09. The molecule has 6 heteroatoms. The summed E-state index contributed by atoms with van der Waals surface area (Å²) in [5, 5.41) is 17.7. The highest BCUT2D eigenvalue weighted by Crippen LogP contribution is 2.20. The quantitative estimate of drug-likeness (QED) is 0.704. The molecule has 0 aliphatic rings. The number of hydrogen-bond acceptors (Lipinski definition) is 4. The van der Waals surface area contributed by atoms with Crippen LogP contribution in [0.25, 0.3) is 0 Å². The fourth-order valence-corrected chi connectivity index (χ4v) is 1.46. The van der Waals surface area contributed by atoms with Crippen molar-refractivity contribution >= 4 is 15.7 Å². The van der Waals surface area contributed by atoms with E-state index in [9.17, 15) is 8.42 Å². The van der Waals surface area contributed by atoms with Crippen molar-refractivity contribution in [2.45, 2.75) is 0 Å². The van der Waals surface area contributed by atoms with E-state index in [1.165, 1.54) is 18.2 Å². The van der Waals surface area contributed by atoms with Gasteiger partial charge in [-0.2, -0.15) is 5.26 Å². The van der Waals surface area contributed by atoms with Gasteiger partial charge in [-0.3, -0.25) is 4.72 Å². The maximum Gasteiger partial charge on any atom is 0.229 e. The Hall–Kier alpha value is -1.74. The van der Waals surface area contributed by atoms with Gasteiger partial charge in [0.2, 0.25) is 10.0 Å². The number of nitrogens with zero attached hydrogens (tertiary/aromatic N) is 1. The van der Waals surface area contributed by atoms with Gasteiger partial charge in [-0.1, -0.05) is 0 Å². The number of rotatable bonds is 2. The molecule has 0 atom stereocenters. The molecule has 5 nitrogen and oxygen atoms in total. The number of phenols is 1. The first-order valence-corrected chi connectivity index (χ1v) is 5.52. The van der Waals surface area contributed by atoms with E-state index in [2.05, 4.69) is 4.72 Å². The molecule has 0 radical (unpaired) electrons. The van der Waals surface area contributed by atoms with Crippen LogP contribution in [0.2, 0.25) is 0 Å². The average Bonchev–Trinajstić information content (AvgIpc) is 2.06. The van der Waals surface area contributed by atoms with E-state index in [-0.39, 0.29) is 17.0 Å². The van der Waals surface area contributed by atoms with E-state index in [0.717, 1.165) is 6.26 Å². The van der Waals surface area contributed by atoms with Gasteiger partial charge in [-0.25, -0.2) is 8.42 Å². The molecule has 2 N–H and O–H groups in total. The van der Waals surface area contributed by atoms with Crippen molar-refractivity contribution in [2.75, 3.05) is 11.0 Å². The number of anilines is 1. The monoisotopic (exact) mass is 212 g/mol. The Kier molecular flexibility index (Phi) is 2.63. The summed E-state index contributed by atoms with van der Waals surface area (Å²) >= 11 is 0. The number of hydrogen-bond donors (Lipinski definition) is 2. The molecular weight excluding hydrogens is 204 g/mol. The maximum atomic E-state index is 10.8. The van der Waals surface area contributed by atoms with Crippen LogP contribution in [0.3, 0.4) is 0 Å². The van der Waals surface area contributed by atoms with Gasteiger partial charge >= 0.3 is 0 Å². The first kappa shape index (κ1) is 10.3. The molecule has 0 amide bonds. The number of aromatic hydroxyl groups is 1. The lowest BCUT2D eigenvalue weighted by atomic mass is 10.2. The molecule has 0 aliphatic heterocycles. The van der Waals surface area contributed by atoms with Crippen LogP contribution in [0.5, 0.6) is 5.75 Å². The van der Waals surface area contributed by atoms with Crippen LogP contribution in [0.4, 0.5) is 5.69 Å². The highest BCUT2D eigenvalue weighted by Gasteiger charge is 2.05. The van der Waals surface area contributed by atoms with E-state index in [4.69, 9.17) is 10.4 Å². The Bertz CT molecular complexity index is 488. The molecule has 0 aromatic heterocycles. The van der Waals surface area contributed by atoms with Gasteiger partial charge < -0.3 is 5.11 Å². The minimum Gasteiger partial charge on any atom is -0.507 e. The van der Waals surface area contributed by atoms with E-state index in [1.54, 1.807) is 6.07 Å². The zero-order valence-corrected chi connectivity index (χ0v) is 8.17. The van der Waals surface area contributed by atoms with E-state index in [1.807, 2.05) is 0 Å². The lowest BCUT2D eigenvalue weighted by Gasteiger charge is -2.04. The van der Waals surface area contributed by atoms with Crippen molar-refractivity contribution in [1.82, 2.24) is 0 Å². The zero-order valence-electron chi connectivity index (χ0n) is 7.35. The molecule has 0 aliphatic carbocycles. The van der Waals surface area contributed by atoms with Crippen molar-refractivity contribution in [1.29, 1.82) is 5.26 Å². The Morgan fingerprint density at radius 2 is 2.14 bits per heavy atom. The minimum atomic E-state index is -3.36. The summed E-state index contributed by atoms with van der Waals surface area (Å²) in [5.41, 5.74) is 0.278. The molecule has 1 aromatic carbocycles. The zero-order chi connectivity index (χ0) is 10.8. The third-order valence-electron chi connectivity index (χ3n) is 1.42. The van der Waals surface area contributed by atoms with Crippen molar-refractivity contribution in [3.63, 3.8) is 0 Å². The molecule has 0 saturated carbocycles. The summed E-state index contributed by atoms with van der Waals surface area (Å²) in [6.45, 7) is 0. The van der Waals surface area contributed by atoms with E-state index < -0.39 is 10.0 Å². The molecule has 0 fully saturated rings. The first-order valence-electron chi connectivity index (χ1n) is 3.63. The van der Waals surface area contributed by atoms with E-state index >= 15 is 0 Å². The fraction of sp³-hybridized carbons (Fsp3) is 0.125. The van der Waals surface area contributed by atoms with Crippen LogP contribution in [0.15, 0.2) is 18.2 Å². The van der Waals surface area contributed by atoms with Crippen LogP contribution in [0.1, 0.15) is 5.56 Å². The van der Waals surface area contributed by atoms with Gasteiger partial charge in [-0.05, 0) is 18.2 Å². The van der Waals surface area contributed by atoms with E-state index in [0.29, 0.717) is 0 Å². The predicted octanol–water partition coefficient (Wildman–Crippen LogP) is 0.635. The molecule has 0 spiro atoms. The van der Waals surface area contributed by atoms with Gasteiger partial charge in [0.1, 0.15) is 11.8 Å². The summed E-state index contributed by atoms with van der Waals surface area (Å²) in [5.74, 6) is -0.174. The molecule has 0 unspecified atom stereocenters. The van der Waals surface area contributed by atoms with Gasteiger partial charge in [-0.15, -0.1) is 0 Å². The molecular formula is C8H8N2O3S. The van der Waals surface area contributed by atoms with Crippen molar-refractivity contribution in [3.8, 4) is 11.8 Å². The van der Waals surface area contributed by atoms with Crippen molar-refractivity contribution in [2.24, 2.45) is 0 Å². The molecule has 14 heavy (non-hydrogen) atoms. The van der Waals surface area contributed by atoms with Gasteiger partial charge in [0, 0.05) is 0 Å². The third-order valence-corrected chi connectivity index (χ3v) is 2.03. The normalized spacial score (nSPS) is 10.6. The lowest BCUT2D eigenvalue weighted by Crippen LogP contribution is -2.09. The molecule has 0 saturated heterocycles. The molecule has 0 heterocycles. The second-order valence-corrected chi connectivity index (χ2v) is 4.47. The number of nitriles is 1. The van der Waals surface area contributed by atoms with Gasteiger partial charge in [0.15, 0.2) is 0 Å². The third kappa shape index (κ3) is 2.64. The van der Waals surface area contributed by atoms with Crippen LogP contribution < -0.4 is 4.72 Å². The Morgan fingerprint density at radius 3 is 2.64 bits per heavy atom. The SMILES string of the molecule is CS(=O)(=O)Nc1ccc(O)c(C#N)c1. The fourth-order valence-electron chi connectivity index (χ4n) is 0.903.